The van der Waals surface area contributed by atoms with Gasteiger partial charge in [-0.1, -0.05) is 46.4 Å². The van der Waals surface area contributed by atoms with Crippen LogP contribution < -0.4 is 10.7 Å². The molecule has 346 valence electrons. The zero-order chi connectivity index (χ0) is 46.7. The molecule has 5 heterocycles. The van der Waals surface area contributed by atoms with Gasteiger partial charge in [0.2, 0.25) is 17.7 Å². The Balaban J connectivity index is 1.30. The summed E-state index contributed by atoms with van der Waals surface area (Å²) in [6.45, 7) is 15.6. The number of ether oxygens (including phenoxy) is 2. The molecule has 6 bridgehead atoms. The number of amides is 4. The predicted molar refractivity (Wildman–Crippen MR) is 247 cm³/mol. The molecule has 3 aliphatic rings. The van der Waals surface area contributed by atoms with Crippen LogP contribution in [-0.2, 0) is 59.4 Å². The summed E-state index contributed by atoms with van der Waals surface area (Å²) >= 11 is 0. The van der Waals surface area contributed by atoms with Crippen LogP contribution >= 0.6 is 0 Å². The van der Waals surface area contributed by atoms with Crippen LogP contribution in [0.2, 0.25) is 0 Å². The second kappa shape index (κ2) is 19.6. The zero-order valence-electron chi connectivity index (χ0n) is 38.7. The van der Waals surface area contributed by atoms with Gasteiger partial charge < -0.3 is 34.3 Å². The molecule has 2 aromatic carbocycles. The molecule has 3 N–H and O–H groups in total. The van der Waals surface area contributed by atoms with E-state index in [2.05, 4.69) is 59.8 Å². The highest BCUT2D eigenvalue weighted by Gasteiger charge is 2.40. The number of methoxy groups -OCH3 is 1. The van der Waals surface area contributed by atoms with Gasteiger partial charge in [-0.05, 0) is 103 Å². The third-order valence-corrected chi connectivity index (χ3v) is 13.0. The van der Waals surface area contributed by atoms with E-state index in [-0.39, 0.29) is 49.6 Å². The van der Waals surface area contributed by atoms with Gasteiger partial charge in [0, 0.05) is 81.0 Å². The van der Waals surface area contributed by atoms with Gasteiger partial charge in [-0.25, -0.2) is 5.43 Å². The Bertz CT molecular complexity index is 2480. The van der Waals surface area contributed by atoms with Crippen LogP contribution in [0.4, 0.5) is 0 Å². The summed E-state index contributed by atoms with van der Waals surface area (Å²) in [5, 5.41) is 16.7. The lowest BCUT2D eigenvalue weighted by Crippen LogP contribution is -2.62. The Morgan fingerprint density at radius 3 is 2.62 bits per heavy atom. The van der Waals surface area contributed by atoms with Crippen LogP contribution in [0.3, 0.4) is 0 Å². The largest absolute Gasteiger partial charge is 0.508 e. The SMILES string of the molecule is C=CC(=O)N1CC[C@H](C(=O)N(C)C(C(=O)N[C@H]2Cc3cc(O)cc(c3)-c3ccc4c(c3)c(c(-c3cnccc3COC)n4CC)CC(C)(C)COC(=O)[C@@H]3CCCN(N3)C2=O)C(C)C)C1. The number of fused-ring (bicyclic) bond motifs is 6. The third kappa shape index (κ3) is 9.96. The number of benzene rings is 2. The summed E-state index contributed by atoms with van der Waals surface area (Å²) in [4.78, 5) is 76.8. The monoisotopic (exact) mass is 889 g/mol. The molecule has 2 fully saturated rings. The van der Waals surface area contributed by atoms with E-state index in [1.165, 1.54) is 16.0 Å². The van der Waals surface area contributed by atoms with Crippen molar-refractivity contribution < 1.29 is 38.6 Å². The van der Waals surface area contributed by atoms with E-state index in [4.69, 9.17) is 9.47 Å². The molecule has 0 radical (unpaired) electrons. The smallest absolute Gasteiger partial charge is 0.324 e. The summed E-state index contributed by atoms with van der Waals surface area (Å²) in [6, 6.07) is 10.5. The first-order chi connectivity index (χ1) is 31.0. The summed E-state index contributed by atoms with van der Waals surface area (Å²) in [5.74, 6) is -2.86. The summed E-state index contributed by atoms with van der Waals surface area (Å²) in [6.07, 6.45) is 6.80. The number of aromatic hydroxyl groups is 1. The highest BCUT2D eigenvalue weighted by Crippen LogP contribution is 2.41. The van der Waals surface area contributed by atoms with Crippen molar-refractivity contribution in [2.24, 2.45) is 17.3 Å². The van der Waals surface area contributed by atoms with Gasteiger partial charge in [-0.2, -0.15) is 0 Å². The van der Waals surface area contributed by atoms with Crippen molar-refractivity contribution in [2.45, 2.75) is 98.0 Å². The molecule has 15 nitrogen and oxygen atoms in total. The molecular weight excluding hydrogens is 827 g/mol. The molecular formula is C50H63N7O8. The van der Waals surface area contributed by atoms with E-state index in [1.54, 1.807) is 37.4 Å². The Morgan fingerprint density at radius 1 is 1.11 bits per heavy atom. The molecule has 4 aromatic rings. The number of aromatic nitrogens is 2. The van der Waals surface area contributed by atoms with E-state index in [1.807, 2.05) is 38.2 Å². The Hall–Kier alpha value is -6.06. The second-order valence-electron chi connectivity index (χ2n) is 18.8. The number of hydrazine groups is 1. The van der Waals surface area contributed by atoms with Crippen LogP contribution in [0.15, 0.2) is 67.5 Å². The molecule has 2 aromatic heterocycles. The van der Waals surface area contributed by atoms with Crippen molar-refractivity contribution in [3.05, 3.63) is 84.2 Å². The normalized spacial score (nSPS) is 20.6. The maximum atomic E-state index is 14.7. The lowest BCUT2D eigenvalue weighted by atomic mass is 9.84. The molecule has 7 rings (SSSR count). The number of phenols is 1. The van der Waals surface area contributed by atoms with E-state index in [0.29, 0.717) is 56.5 Å². The fourth-order valence-corrected chi connectivity index (χ4v) is 9.83. The Labute approximate surface area is 381 Å². The van der Waals surface area contributed by atoms with Gasteiger partial charge in [0.05, 0.1) is 24.8 Å². The van der Waals surface area contributed by atoms with E-state index < -0.39 is 47.2 Å². The maximum absolute atomic E-state index is 14.7. The zero-order valence-corrected chi connectivity index (χ0v) is 38.7. The van der Waals surface area contributed by atoms with Crippen LogP contribution in [0.1, 0.15) is 70.6 Å². The number of carbonyl (C=O) groups is 5. The average Bonchev–Trinajstić information content (AvgIpc) is 3.90. The summed E-state index contributed by atoms with van der Waals surface area (Å²) < 4.78 is 14.0. The third-order valence-electron chi connectivity index (χ3n) is 13.0. The quantitative estimate of drug-likeness (QED) is 0.138. The first-order valence-electron chi connectivity index (χ1n) is 22.7. The van der Waals surface area contributed by atoms with Crippen molar-refractivity contribution in [3.63, 3.8) is 0 Å². The highest BCUT2D eigenvalue weighted by molar-refractivity contribution is 5.96. The van der Waals surface area contributed by atoms with Crippen molar-refractivity contribution in [3.8, 4) is 28.1 Å². The van der Waals surface area contributed by atoms with Gasteiger partial charge >= 0.3 is 5.97 Å². The van der Waals surface area contributed by atoms with Gasteiger partial charge in [0.15, 0.2) is 0 Å². The Kier molecular flexibility index (Phi) is 14.1. The molecule has 2 saturated heterocycles. The number of esters is 1. The minimum absolute atomic E-state index is 0.00960. The first kappa shape index (κ1) is 46.9. The number of pyridine rings is 1. The number of nitrogens with zero attached hydrogens (tertiary/aromatic N) is 5. The standard InChI is InChI=1S/C50H63N7O8/c1-9-43(59)55-19-16-33(27-55)47(61)54(7)44(30(3)4)46(60)52-41-22-31-20-35(23-36(58)21-31)32-13-14-42-37(24-32)38(45(56(42)10-2)39-26-51-17-15-34(39)28-64-8)25-50(5,6)29-65-49(63)40-12-11-18-57(53-40)48(41)62/h9,13-15,17,20-21,23-24,26,30,33,40-41,44,53,58H,1,10-12,16,18-19,22,25,27-29H2,2-8H3,(H,52,60)/t33-,40-,41-,44?/m0/s1. The second-order valence-corrected chi connectivity index (χ2v) is 18.8. The number of rotatable bonds is 10. The lowest BCUT2D eigenvalue weighted by molar-refractivity contribution is -0.155. The minimum atomic E-state index is -1.16. The summed E-state index contributed by atoms with van der Waals surface area (Å²) in [5.41, 5.74) is 9.72. The fraction of sp³-hybridized carbons (Fsp3) is 0.480. The average molecular weight is 890 g/mol. The number of carbonyl (C=O) groups excluding carboxylic acids is 5. The minimum Gasteiger partial charge on any atom is -0.508 e. The molecule has 65 heavy (non-hydrogen) atoms. The van der Waals surface area contributed by atoms with Crippen molar-refractivity contribution >= 4 is 40.5 Å². The molecule has 0 aliphatic carbocycles. The topological polar surface area (TPSA) is 176 Å². The number of phenolic OH excluding ortho intramolecular Hbond substituents is 1. The number of aryl methyl sites for hydroxylation is 1. The molecule has 0 spiro atoms. The Morgan fingerprint density at radius 2 is 1.89 bits per heavy atom. The van der Waals surface area contributed by atoms with Crippen LogP contribution in [-0.4, -0.2) is 118 Å². The number of hydrogen-bond acceptors (Lipinski definition) is 10. The van der Waals surface area contributed by atoms with Gasteiger partial charge in [0.25, 0.3) is 5.91 Å². The van der Waals surface area contributed by atoms with Crippen molar-refractivity contribution in [1.29, 1.82) is 0 Å². The lowest BCUT2D eigenvalue weighted by Gasteiger charge is -2.37. The molecule has 15 heteroatoms. The number of likely N-dealkylation sites (N-methyl/N-ethyl adjacent to an activating group) is 1. The van der Waals surface area contributed by atoms with E-state index in [0.717, 1.165) is 38.9 Å². The predicted octanol–water partition coefficient (Wildman–Crippen LogP) is 5.41. The number of likely N-dealkylation sites (tertiary alicyclic amines) is 1. The molecule has 4 atom stereocenters. The highest BCUT2D eigenvalue weighted by atomic mass is 16.5. The fourth-order valence-electron chi connectivity index (χ4n) is 9.83. The van der Waals surface area contributed by atoms with Crippen LogP contribution in [0.25, 0.3) is 33.3 Å². The molecule has 1 unspecified atom stereocenters. The number of hydrogen-bond donors (Lipinski definition) is 3. The maximum Gasteiger partial charge on any atom is 0.324 e. The van der Waals surface area contributed by atoms with Gasteiger partial charge in [-0.3, -0.25) is 34.0 Å². The summed E-state index contributed by atoms with van der Waals surface area (Å²) in [7, 11) is 3.25. The first-order valence-corrected chi connectivity index (χ1v) is 22.7. The molecule has 3 aliphatic heterocycles. The van der Waals surface area contributed by atoms with E-state index >= 15 is 0 Å². The number of nitrogens with one attached hydrogen (secondary N) is 2. The van der Waals surface area contributed by atoms with Crippen LogP contribution in [0.5, 0.6) is 5.75 Å². The molecule has 0 saturated carbocycles. The van der Waals surface area contributed by atoms with Crippen molar-refractivity contribution in [2.75, 3.05) is 40.4 Å². The van der Waals surface area contributed by atoms with Crippen molar-refractivity contribution in [1.82, 2.24) is 35.1 Å². The number of cyclic esters (lactones) is 1. The van der Waals surface area contributed by atoms with Gasteiger partial charge in [-0.15, -0.1) is 0 Å². The molecule has 4 amide bonds. The van der Waals surface area contributed by atoms with Gasteiger partial charge in [0.1, 0.15) is 23.9 Å². The van der Waals surface area contributed by atoms with E-state index in [9.17, 15) is 29.1 Å². The van der Waals surface area contributed by atoms with Crippen LogP contribution in [0, 0.1) is 17.3 Å².